The van der Waals surface area contributed by atoms with Crippen LogP contribution in [0.25, 0.3) is 6.08 Å². The molecule has 4 nitrogen and oxygen atoms in total. The molecule has 2 rings (SSSR count). The van der Waals surface area contributed by atoms with Crippen LogP contribution in [0.1, 0.15) is 35.2 Å². The lowest BCUT2D eigenvalue weighted by atomic mass is 10.1. The highest BCUT2D eigenvalue weighted by molar-refractivity contribution is 5.91. The average molecular weight is 299 g/mol. The number of carbonyl (C=O) groups is 1. The molecule has 0 aliphatic rings. The Hall–Kier alpha value is -2.33. The Labute approximate surface area is 130 Å². The van der Waals surface area contributed by atoms with Crippen LogP contribution in [0.5, 0.6) is 0 Å². The molecule has 0 spiro atoms. The van der Waals surface area contributed by atoms with Crippen LogP contribution in [0.2, 0.25) is 0 Å². The van der Waals surface area contributed by atoms with E-state index in [1.165, 1.54) is 6.08 Å². The highest BCUT2D eigenvalue weighted by Crippen LogP contribution is 2.23. The molecule has 2 N–H and O–H groups in total. The minimum absolute atomic E-state index is 0.170. The van der Waals surface area contributed by atoms with Crippen molar-refractivity contribution in [3.63, 3.8) is 0 Å². The molecule has 1 amide bonds. The Morgan fingerprint density at radius 3 is 2.68 bits per heavy atom. The molecule has 0 radical (unpaired) electrons. The van der Waals surface area contributed by atoms with Crippen molar-refractivity contribution in [3.05, 3.63) is 65.1 Å². The van der Waals surface area contributed by atoms with Gasteiger partial charge in [-0.1, -0.05) is 30.3 Å². The number of hydrogen-bond acceptors (Lipinski definition) is 3. The predicted molar refractivity (Wildman–Crippen MR) is 86.2 cm³/mol. The van der Waals surface area contributed by atoms with Gasteiger partial charge in [0.25, 0.3) is 0 Å². The first-order valence-corrected chi connectivity index (χ1v) is 7.32. The molecule has 0 saturated carbocycles. The molecule has 0 aliphatic carbocycles. The Morgan fingerprint density at radius 1 is 1.32 bits per heavy atom. The van der Waals surface area contributed by atoms with Crippen LogP contribution >= 0.6 is 0 Å². The fourth-order valence-corrected chi connectivity index (χ4v) is 2.26. The van der Waals surface area contributed by atoms with Gasteiger partial charge in [0.1, 0.15) is 11.5 Å². The van der Waals surface area contributed by atoms with Crippen LogP contribution in [-0.2, 0) is 4.79 Å². The molecule has 0 saturated heterocycles. The topological polar surface area (TPSA) is 62.5 Å². The Kier molecular flexibility index (Phi) is 5.55. The summed E-state index contributed by atoms with van der Waals surface area (Å²) >= 11 is 0. The maximum absolute atomic E-state index is 11.7. The van der Waals surface area contributed by atoms with E-state index in [-0.39, 0.29) is 5.91 Å². The van der Waals surface area contributed by atoms with Crippen molar-refractivity contribution in [1.29, 1.82) is 0 Å². The van der Waals surface area contributed by atoms with Crippen LogP contribution in [0.15, 0.2) is 46.9 Å². The zero-order valence-corrected chi connectivity index (χ0v) is 12.9. The van der Waals surface area contributed by atoms with Crippen molar-refractivity contribution in [1.82, 2.24) is 5.32 Å². The molecule has 0 aliphatic heterocycles. The molecule has 1 aromatic heterocycles. The van der Waals surface area contributed by atoms with Crippen molar-refractivity contribution in [2.24, 2.45) is 0 Å². The van der Waals surface area contributed by atoms with Gasteiger partial charge in [0.15, 0.2) is 0 Å². The standard InChI is InChI=1S/C18H21NO3/c1-13-12-16(14(2)22-13)17(20)10-11-19-18(21)9-8-15-6-4-3-5-7-15/h3-9,12,17,20H,10-11H2,1-2H3,(H,19,21)/b9-8+/t17-/m0/s1. The molecular formula is C18H21NO3. The van der Waals surface area contributed by atoms with Crippen molar-refractivity contribution in [2.45, 2.75) is 26.4 Å². The van der Waals surface area contributed by atoms with Crippen LogP contribution in [-0.4, -0.2) is 17.6 Å². The molecule has 0 unspecified atom stereocenters. The van der Waals surface area contributed by atoms with E-state index in [1.54, 1.807) is 6.08 Å². The van der Waals surface area contributed by atoms with E-state index in [1.807, 2.05) is 50.2 Å². The summed E-state index contributed by atoms with van der Waals surface area (Å²) < 4.78 is 5.39. The Balaban J connectivity index is 1.77. The lowest BCUT2D eigenvalue weighted by Gasteiger charge is -2.09. The van der Waals surface area contributed by atoms with Crippen molar-refractivity contribution < 1.29 is 14.3 Å². The van der Waals surface area contributed by atoms with Gasteiger partial charge in [-0.2, -0.15) is 0 Å². The number of aryl methyl sites for hydroxylation is 2. The van der Waals surface area contributed by atoms with Crippen LogP contribution in [0, 0.1) is 13.8 Å². The zero-order valence-electron chi connectivity index (χ0n) is 12.9. The van der Waals surface area contributed by atoms with Crippen molar-refractivity contribution in [3.8, 4) is 0 Å². The molecule has 2 aromatic rings. The van der Waals surface area contributed by atoms with E-state index in [9.17, 15) is 9.90 Å². The highest BCUT2D eigenvalue weighted by Gasteiger charge is 2.14. The van der Waals surface area contributed by atoms with Crippen LogP contribution in [0.4, 0.5) is 0 Å². The van der Waals surface area contributed by atoms with E-state index in [0.717, 1.165) is 22.6 Å². The third-order valence-electron chi connectivity index (χ3n) is 3.38. The first-order chi connectivity index (χ1) is 10.6. The van der Waals surface area contributed by atoms with Crippen molar-refractivity contribution in [2.75, 3.05) is 6.54 Å². The normalized spacial score (nSPS) is 12.5. The van der Waals surface area contributed by atoms with Crippen molar-refractivity contribution >= 4 is 12.0 Å². The first kappa shape index (κ1) is 16.0. The lowest BCUT2D eigenvalue weighted by Crippen LogP contribution is -2.23. The fourth-order valence-electron chi connectivity index (χ4n) is 2.26. The molecule has 1 heterocycles. The number of aliphatic hydroxyl groups excluding tert-OH is 1. The minimum atomic E-state index is -0.629. The van der Waals surface area contributed by atoms with E-state index >= 15 is 0 Å². The summed E-state index contributed by atoms with van der Waals surface area (Å²) in [7, 11) is 0. The summed E-state index contributed by atoms with van der Waals surface area (Å²) in [5.41, 5.74) is 1.76. The Morgan fingerprint density at radius 2 is 2.05 bits per heavy atom. The number of carbonyl (C=O) groups excluding carboxylic acids is 1. The lowest BCUT2D eigenvalue weighted by molar-refractivity contribution is -0.116. The molecule has 0 bridgehead atoms. The minimum Gasteiger partial charge on any atom is -0.466 e. The largest absolute Gasteiger partial charge is 0.466 e. The number of benzene rings is 1. The predicted octanol–water partition coefficient (Wildman–Crippen LogP) is 3.15. The van der Waals surface area contributed by atoms with Gasteiger partial charge in [-0.05, 0) is 38.0 Å². The second-order valence-electron chi connectivity index (χ2n) is 5.21. The molecular weight excluding hydrogens is 278 g/mol. The van der Waals surface area contributed by atoms with Gasteiger partial charge in [0.2, 0.25) is 5.91 Å². The zero-order chi connectivity index (χ0) is 15.9. The number of aliphatic hydroxyl groups is 1. The maximum atomic E-state index is 11.7. The summed E-state index contributed by atoms with van der Waals surface area (Å²) in [5.74, 6) is 1.33. The van der Waals surface area contributed by atoms with Gasteiger partial charge < -0.3 is 14.8 Å². The second kappa shape index (κ2) is 7.61. The number of hydrogen-bond donors (Lipinski definition) is 2. The Bertz CT molecular complexity index is 644. The summed E-state index contributed by atoms with van der Waals surface area (Å²) in [5, 5.41) is 12.9. The summed E-state index contributed by atoms with van der Waals surface area (Å²) in [6, 6.07) is 11.5. The first-order valence-electron chi connectivity index (χ1n) is 7.32. The van der Waals surface area contributed by atoms with Gasteiger partial charge in [-0.25, -0.2) is 0 Å². The van der Waals surface area contributed by atoms with Crippen LogP contribution in [0.3, 0.4) is 0 Å². The molecule has 4 heteroatoms. The number of furan rings is 1. The molecule has 1 atom stereocenters. The molecule has 0 fully saturated rings. The quantitative estimate of drug-likeness (QED) is 0.805. The fraction of sp³-hybridized carbons (Fsp3) is 0.278. The summed E-state index contributed by atoms with van der Waals surface area (Å²) in [6.45, 7) is 4.08. The smallest absolute Gasteiger partial charge is 0.244 e. The second-order valence-corrected chi connectivity index (χ2v) is 5.21. The number of rotatable bonds is 6. The SMILES string of the molecule is Cc1cc([C@@H](O)CCNC(=O)/C=C/c2ccccc2)c(C)o1. The summed E-state index contributed by atoms with van der Waals surface area (Å²) in [4.78, 5) is 11.7. The molecule has 116 valence electrons. The molecule has 22 heavy (non-hydrogen) atoms. The number of amides is 1. The monoisotopic (exact) mass is 299 g/mol. The van der Waals surface area contributed by atoms with Gasteiger partial charge >= 0.3 is 0 Å². The van der Waals surface area contributed by atoms with Gasteiger partial charge in [-0.3, -0.25) is 4.79 Å². The van der Waals surface area contributed by atoms with E-state index in [0.29, 0.717) is 13.0 Å². The third kappa shape index (κ3) is 4.60. The van der Waals surface area contributed by atoms with Gasteiger partial charge in [-0.15, -0.1) is 0 Å². The highest BCUT2D eigenvalue weighted by atomic mass is 16.3. The summed E-state index contributed by atoms with van der Waals surface area (Å²) in [6.07, 6.45) is 3.07. The molecule has 1 aromatic carbocycles. The maximum Gasteiger partial charge on any atom is 0.244 e. The van der Waals surface area contributed by atoms with E-state index in [4.69, 9.17) is 4.42 Å². The average Bonchev–Trinajstić information content (AvgIpc) is 2.85. The van der Waals surface area contributed by atoms with E-state index < -0.39 is 6.10 Å². The van der Waals surface area contributed by atoms with E-state index in [2.05, 4.69) is 5.32 Å². The third-order valence-corrected chi connectivity index (χ3v) is 3.38. The number of nitrogens with one attached hydrogen (secondary N) is 1. The van der Waals surface area contributed by atoms with Gasteiger partial charge in [0.05, 0.1) is 6.10 Å². The van der Waals surface area contributed by atoms with Crippen LogP contribution < -0.4 is 5.32 Å². The van der Waals surface area contributed by atoms with Gasteiger partial charge in [0, 0.05) is 18.2 Å².